The largest absolute Gasteiger partial charge is 0.481 e. The predicted molar refractivity (Wildman–Crippen MR) is 76.8 cm³/mol. The van der Waals surface area contributed by atoms with Gasteiger partial charge in [-0.15, -0.1) is 0 Å². The minimum Gasteiger partial charge on any atom is -0.481 e. The summed E-state index contributed by atoms with van der Waals surface area (Å²) >= 11 is 0. The molecule has 1 aliphatic heterocycles. The number of amides is 1. The lowest BCUT2D eigenvalue weighted by atomic mass is 10.4. The fourth-order valence-electron chi connectivity index (χ4n) is 2.21. The highest BCUT2D eigenvalue weighted by Gasteiger charge is 2.29. The molecule has 23 heavy (non-hydrogen) atoms. The number of aryl methyl sites for hydroxylation is 2. The molecule has 0 bridgehead atoms. The van der Waals surface area contributed by atoms with E-state index >= 15 is 0 Å². The lowest BCUT2D eigenvalue weighted by molar-refractivity contribution is 0.0976. The Labute approximate surface area is 132 Å². The summed E-state index contributed by atoms with van der Waals surface area (Å²) in [5.41, 5.74) is -0.0742. The first-order valence-electron chi connectivity index (χ1n) is 6.76. The van der Waals surface area contributed by atoms with Crippen LogP contribution in [-0.4, -0.2) is 47.6 Å². The molecule has 0 saturated carbocycles. The van der Waals surface area contributed by atoms with Gasteiger partial charge in [0, 0.05) is 26.1 Å². The van der Waals surface area contributed by atoms with E-state index in [4.69, 9.17) is 9.47 Å². The molecule has 2 aromatic rings. The molecule has 0 radical (unpaired) electrons. The minimum absolute atomic E-state index is 0.0742. The summed E-state index contributed by atoms with van der Waals surface area (Å²) in [6.07, 6.45) is 1.91. The van der Waals surface area contributed by atoms with Crippen LogP contribution in [0.5, 0.6) is 11.8 Å². The van der Waals surface area contributed by atoms with Crippen molar-refractivity contribution in [3.8, 4) is 11.8 Å². The summed E-state index contributed by atoms with van der Waals surface area (Å²) in [4.78, 5) is 11.9. The van der Waals surface area contributed by atoms with Crippen molar-refractivity contribution in [2.75, 3.05) is 13.7 Å². The van der Waals surface area contributed by atoms with E-state index in [-0.39, 0.29) is 16.5 Å². The Bertz CT molecular complexity index is 853. The Balaban J connectivity index is 1.86. The molecule has 0 spiro atoms. The van der Waals surface area contributed by atoms with Gasteiger partial charge in [0.1, 0.15) is 0 Å². The van der Waals surface area contributed by atoms with Crippen LogP contribution in [0.25, 0.3) is 0 Å². The molecule has 124 valence electrons. The smallest absolute Gasteiger partial charge is 0.285 e. The molecule has 0 fully saturated rings. The molecule has 0 atom stereocenters. The SMILES string of the molecule is COc1cc(C(=O)NS(=O)(=O)c2cnn3c2OCCC3)nn1C. The number of rotatable bonds is 4. The van der Waals surface area contributed by atoms with Crippen molar-refractivity contribution in [1.82, 2.24) is 24.3 Å². The maximum absolute atomic E-state index is 12.4. The maximum Gasteiger partial charge on any atom is 0.285 e. The van der Waals surface area contributed by atoms with Crippen LogP contribution in [0.1, 0.15) is 16.9 Å². The summed E-state index contributed by atoms with van der Waals surface area (Å²) < 4.78 is 39.8. The molecule has 1 amide bonds. The Kier molecular flexibility index (Phi) is 3.72. The number of ether oxygens (including phenoxy) is 2. The number of carbonyl (C=O) groups is 1. The Hall–Kier alpha value is -2.56. The monoisotopic (exact) mass is 341 g/mol. The summed E-state index contributed by atoms with van der Waals surface area (Å²) in [6.45, 7) is 0.968. The molecule has 3 rings (SSSR count). The van der Waals surface area contributed by atoms with Crippen molar-refractivity contribution in [2.24, 2.45) is 7.05 Å². The normalized spacial score (nSPS) is 14.0. The Morgan fingerprint density at radius 2 is 2.26 bits per heavy atom. The van der Waals surface area contributed by atoms with Crippen molar-refractivity contribution in [3.05, 3.63) is 18.0 Å². The summed E-state index contributed by atoms with van der Waals surface area (Å²) in [7, 11) is -1.12. The number of sulfonamides is 1. The van der Waals surface area contributed by atoms with Gasteiger partial charge in [0.25, 0.3) is 15.9 Å². The first-order valence-corrected chi connectivity index (χ1v) is 8.24. The second kappa shape index (κ2) is 5.57. The quantitative estimate of drug-likeness (QED) is 0.798. The van der Waals surface area contributed by atoms with Gasteiger partial charge in [0.15, 0.2) is 10.6 Å². The van der Waals surface area contributed by atoms with E-state index in [1.807, 2.05) is 4.72 Å². The van der Waals surface area contributed by atoms with E-state index in [2.05, 4.69) is 10.2 Å². The minimum atomic E-state index is -4.11. The van der Waals surface area contributed by atoms with Crippen molar-refractivity contribution < 1.29 is 22.7 Å². The first-order chi connectivity index (χ1) is 10.9. The van der Waals surface area contributed by atoms with Gasteiger partial charge in [-0.1, -0.05) is 0 Å². The van der Waals surface area contributed by atoms with Gasteiger partial charge >= 0.3 is 0 Å². The third kappa shape index (κ3) is 2.74. The number of methoxy groups -OCH3 is 1. The average Bonchev–Trinajstić information content (AvgIpc) is 3.10. The summed E-state index contributed by atoms with van der Waals surface area (Å²) in [5, 5.41) is 7.85. The zero-order chi connectivity index (χ0) is 16.6. The van der Waals surface area contributed by atoms with Gasteiger partial charge in [0.05, 0.1) is 19.9 Å². The van der Waals surface area contributed by atoms with E-state index in [0.29, 0.717) is 19.0 Å². The zero-order valence-corrected chi connectivity index (χ0v) is 13.3. The molecular weight excluding hydrogens is 326 g/mol. The molecule has 2 aromatic heterocycles. The van der Waals surface area contributed by atoms with E-state index in [1.54, 1.807) is 7.05 Å². The van der Waals surface area contributed by atoms with Crippen LogP contribution in [0.4, 0.5) is 0 Å². The van der Waals surface area contributed by atoms with Crippen LogP contribution in [0.3, 0.4) is 0 Å². The van der Waals surface area contributed by atoms with Crippen molar-refractivity contribution in [1.29, 1.82) is 0 Å². The highest BCUT2D eigenvalue weighted by Crippen LogP contribution is 2.26. The van der Waals surface area contributed by atoms with E-state index in [1.165, 1.54) is 22.5 Å². The fraction of sp³-hybridized carbons (Fsp3) is 0.417. The van der Waals surface area contributed by atoms with E-state index in [0.717, 1.165) is 12.6 Å². The van der Waals surface area contributed by atoms with Gasteiger partial charge < -0.3 is 9.47 Å². The van der Waals surface area contributed by atoms with E-state index < -0.39 is 15.9 Å². The predicted octanol–water partition coefficient (Wildman–Crippen LogP) is -0.474. The van der Waals surface area contributed by atoms with Crippen molar-refractivity contribution in [2.45, 2.75) is 17.9 Å². The van der Waals surface area contributed by atoms with Gasteiger partial charge in [-0.05, 0) is 0 Å². The van der Waals surface area contributed by atoms with Crippen LogP contribution in [-0.2, 0) is 23.6 Å². The number of hydrogen-bond donors (Lipinski definition) is 1. The molecule has 0 aromatic carbocycles. The van der Waals surface area contributed by atoms with Gasteiger partial charge in [-0.25, -0.2) is 22.5 Å². The number of fused-ring (bicyclic) bond motifs is 1. The fourth-order valence-corrected chi connectivity index (χ4v) is 3.25. The van der Waals surface area contributed by atoms with Crippen LogP contribution in [0.2, 0.25) is 0 Å². The summed E-state index contributed by atoms with van der Waals surface area (Å²) in [6, 6.07) is 1.34. The van der Waals surface area contributed by atoms with E-state index in [9.17, 15) is 13.2 Å². The Morgan fingerprint density at radius 1 is 1.48 bits per heavy atom. The Morgan fingerprint density at radius 3 is 2.96 bits per heavy atom. The van der Waals surface area contributed by atoms with Crippen LogP contribution < -0.4 is 14.2 Å². The van der Waals surface area contributed by atoms with Crippen LogP contribution >= 0.6 is 0 Å². The molecule has 1 N–H and O–H groups in total. The number of nitrogens with zero attached hydrogens (tertiary/aromatic N) is 4. The third-order valence-corrected chi connectivity index (χ3v) is 4.62. The zero-order valence-electron chi connectivity index (χ0n) is 12.5. The third-order valence-electron chi connectivity index (χ3n) is 3.31. The number of hydrogen-bond acceptors (Lipinski definition) is 7. The van der Waals surface area contributed by atoms with Crippen LogP contribution in [0, 0.1) is 0 Å². The molecule has 0 saturated heterocycles. The lowest BCUT2D eigenvalue weighted by Gasteiger charge is -2.15. The maximum atomic E-state index is 12.4. The molecule has 0 unspecified atom stereocenters. The second-order valence-electron chi connectivity index (χ2n) is 4.87. The van der Waals surface area contributed by atoms with Crippen molar-refractivity contribution in [3.63, 3.8) is 0 Å². The number of carbonyl (C=O) groups excluding carboxylic acids is 1. The second-order valence-corrected chi connectivity index (χ2v) is 6.52. The van der Waals surface area contributed by atoms with Gasteiger partial charge in [0.2, 0.25) is 11.8 Å². The highest BCUT2D eigenvalue weighted by atomic mass is 32.2. The topological polar surface area (TPSA) is 117 Å². The van der Waals surface area contributed by atoms with Gasteiger partial charge in [-0.2, -0.15) is 10.2 Å². The summed E-state index contributed by atoms with van der Waals surface area (Å²) in [5.74, 6) is -0.395. The number of nitrogens with one attached hydrogen (secondary N) is 1. The number of aromatic nitrogens is 4. The van der Waals surface area contributed by atoms with Crippen molar-refractivity contribution >= 4 is 15.9 Å². The average molecular weight is 341 g/mol. The molecule has 11 heteroatoms. The van der Waals surface area contributed by atoms with Crippen LogP contribution in [0.15, 0.2) is 17.2 Å². The van der Waals surface area contributed by atoms with Gasteiger partial charge in [-0.3, -0.25) is 4.79 Å². The standard InChI is InChI=1S/C12H15N5O5S/c1-16-10(21-2)6-8(14-16)11(18)15-23(19,20)9-7-13-17-4-3-5-22-12(9)17/h6-7H,3-5H2,1-2H3,(H,15,18). The molecule has 3 heterocycles. The molecular formula is C12H15N5O5S. The molecule has 0 aliphatic carbocycles. The lowest BCUT2D eigenvalue weighted by Crippen LogP contribution is -2.31. The first kappa shape index (κ1) is 15.3. The molecule has 10 nitrogen and oxygen atoms in total. The highest BCUT2D eigenvalue weighted by molar-refractivity contribution is 7.90. The molecule has 1 aliphatic rings.